The van der Waals surface area contributed by atoms with E-state index in [1.165, 1.54) is 6.92 Å². The lowest BCUT2D eigenvalue weighted by molar-refractivity contribution is -0.131. The first kappa shape index (κ1) is 15.0. The van der Waals surface area contributed by atoms with Crippen molar-refractivity contribution in [1.82, 2.24) is 4.90 Å². The summed E-state index contributed by atoms with van der Waals surface area (Å²) >= 11 is 0. The first-order valence-corrected chi connectivity index (χ1v) is 7.14. The number of anilines is 1. The summed E-state index contributed by atoms with van der Waals surface area (Å²) in [6, 6.07) is 7.24. The Labute approximate surface area is 124 Å². The number of ketones is 1. The molecule has 1 fully saturated rings. The van der Waals surface area contributed by atoms with Crippen molar-refractivity contribution >= 4 is 17.4 Å². The summed E-state index contributed by atoms with van der Waals surface area (Å²) in [5.74, 6) is 0.147. The summed E-state index contributed by atoms with van der Waals surface area (Å²) in [5, 5.41) is 9.03. The van der Waals surface area contributed by atoms with Crippen LogP contribution in [0.25, 0.3) is 0 Å². The molecule has 0 aromatic heterocycles. The second-order valence-corrected chi connectivity index (χ2v) is 5.12. The van der Waals surface area contributed by atoms with Gasteiger partial charge in [-0.15, -0.1) is 0 Å². The van der Waals surface area contributed by atoms with Gasteiger partial charge < -0.3 is 9.80 Å². The fourth-order valence-corrected chi connectivity index (χ4v) is 2.58. The summed E-state index contributed by atoms with van der Waals surface area (Å²) in [4.78, 5) is 27.4. The fourth-order valence-electron chi connectivity index (χ4n) is 2.58. The quantitative estimate of drug-likeness (QED) is 0.795. The average Bonchev–Trinajstić information content (AvgIpc) is 2.53. The van der Waals surface area contributed by atoms with E-state index in [1.807, 2.05) is 11.8 Å². The van der Waals surface area contributed by atoms with Crippen LogP contribution in [0.2, 0.25) is 0 Å². The van der Waals surface area contributed by atoms with Crippen LogP contribution in [0.1, 0.15) is 36.2 Å². The van der Waals surface area contributed by atoms with Crippen molar-refractivity contribution in [3.05, 3.63) is 29.3 Å². The molecule has 1 amide bonds. The minimum absolute atomic E-state index is 0.0125. The van der Waals surface area contributed by atoms with Gasteiger partial charge in [0.25, 0.3) is 0 Å². The Hall–Kier alpha value is -2.35. The molecule has 0 spiro atoms. The number of benzene rings is 1. The maximum atomic E-state index is 11.8. The van der Waals surface area contributed by atoms with Crippen LogP contribution in [0, 0.1) is 11.3 Å². The average molecular weight is 285 g/mol. The summed E-state index contributed by atoms with van der Waals surface area (Å²) in [5.41, 5.74) is 1.97. The van der Waals surface area contributed by atoms with Gasteiger partial charge in [0.05, 0.1) is 11.6 Å². The number of hydrogen-bond donors (Lipinski definition) is 0. The summed E-state index contributed by atoms with van der Waals surface area (Å²) < 4.78 is 0. The zero-order valence-corrected chi connectivity index (χ0v) is 12.4. The van der Waals surface area contributed by atoms with Gasteiger partial charge in [-0.3, -0.25) is 9.59 Å². The highest BCUT2D eigenvalue weighted by atomic mass is 16.2. The number of amides is 1. The molecular weight excluding hydrogens is 266 g/mol. The molecule has 2 rings (SSSR count). The van der Waals surface area contributed by atoms with Gasteiger partial charge in [0.15, 0.2) is 5.78 Å². The largest absolute Gasteiger partial charge is 0.367 e. The number of piperazine rings is 1. The van der Waals surface area contributed by atoms with E-state index >= 15 is 0 Å². The van der Waals surface area contributed by atoms with E-state index in [-0.39, 0.29) is 11.7 Å². The topological polar surface area (TPSA) is 64.4 Å². The van der Waals surface area contributed by atoms with Gasteiger partial charge in [-0.25, -0.2) is 0 Å². The van der Waals surface area contributed by atoms with Crippen molar-refractivity contribution in [1.29, 1.82) is 5.26 Å². The summed E-state index contributed by atoms with van der Waals surface area (Å²) in [6.07, 6.45) is 0.516. The third-order valence-corrected chi connectivity index (χ3v) is 3.78. The predicted octanol–water partition coefficient (Wildman–Crippen LogP) is 1.82. The van der Waals surface area contributed by atoms with Crippen LogP contribution in [-0.2, 0) is 4.79 Å². The molecule has 0 radical (unpaired) electrons. The van der Waals surface area contributed by atoms with Gasteiger partial charge in [0.1, 0.15) is 0 Å². The lowest BCUT2D eigenvalue weighted by atomic mass is 10.0. The molecule has 1 saturated heterocycles. The minimum Gasteiger partial charge on any atom is -0.367 e. The van der Waals surface area contributed by atoms with Crippen molar-refractivity contribution in [2.24, 2.45) is 0 Å². The maximum absolute atomic E-state index is 11.8. The van der Waals surface area contributed by atoms with Gasteiger partial charge >= 0.3 is 0 Å². The second-order valence-electron chi connectivity index (χ2n) is 5.12. The molecule has 1 aromatic rings. The highest BCUT2D eigenvalue weighted by Gasteiger charge is 2.22. The first-order valence-electron chi connectivity index (χ1n) is 7.14. The van der Waals surface area contributed by atoms with Crippen molar-refractivity contribution < 1.29 is 9.59 Å². The molecule has 5 heteroatoms. The van der Waals surface area contributed by atoms with E-state index in [9.17, 15) is 9.59 Å². The Kier molecular flexibility index (Phi) is 4.59. The lowest BCUT2D eigenvalue weighted by Gasteiger charge is -2.36. The number of carbonyl (C=O) groups excluding carboxylic acids is 2. The summed E-state index contributed by atoms with van der Waals surface area (Å²) in [6.45, 7) is 6.06. The van der Waals surface area contributed by atoms with E-state index in [4.69, 9.17) is 5.26 Å². The van der Waals surface area contributed by atoms with Crippen LogP contribution < -0.4 is 4.90 Å². The number of hydrogen-bond acceptors (Lipinski definition) is 4. The van der Waals surface area contributed by atoms with E-state index in [1.54, 1.807) is 18.2 Å². The molecule has 0 N–H and O–H groups in total. The Bertz CT molecular complexity index is 596. The van der Waals surface area contributed by atoms with E-state index in [2.05, 4.69) is 11.0 Å². The van der Waals surface area contributed by atoms with Gasteiger partial charge in [-0.2, -0.15) is 5.26 Å². The molecule has 0 atom stereocenters. The molecular formula is C16H19N3O2. The molecule has 21 heavy (non-hydrogen) atoms. The monoisotopic (exact) mass is 285 g/mol. The smallest absolute Gasteiger partial charge is 0.222 e. The number of nitriles is 1. The van der Waals surface area contributed by atoms with Gasteiger partial charge in [-0.05, 0) is 25.1 Å². The predicted molar refractivity (Wildman–Crippen MR) is 80.2 cm³/mol. The van der Waals surface area contributed by atoms with Crippen molar-refractivity contribution in [3.63, 3.8) is 0 Å². The normalized spacial score (nSPS) is 14.7. The molecule has 0 bridgehead atoms. The van der Waals surface area contributed by atoms with E-state index < -0.39 is 0 Å². The molecule has 5 nitrogen and oxygen atoms in total. The molecule has 0 aliphatic carbocycles. The Morgan fingerprint density at radius 2 is 1.90 bits per heavy atom. The molecule has 0 saturated carbocycles. The van der Waals surface area contributed by atoms with Crippen LogP contribution in [0.3, 0.4) is 0 Å². The number of Topliss-reactive ketones (excluding diaryl/α,β-unsaturated/α-hetero) is 1. The molecule has 1 aliphatic rings. The SMILES string of the molecule is CCC(=O)N1CCN(c2cc(C#N)ccc2C(C)=O)CC1. The lowest BCUT2D eigenvalue weighted by Crippen LogP contribution is -2.49. The van der Waals surface area contributed by atoms with Gasteiger partial charge in [-0.1, -0.05) is 6.92 Å². The highest BCUT2D eigenvalue weighted by molar-refractivity contribution is 6.00. The third-order valence-electron chi connectivity index (χ3n) is 3.78. The van der Waals surface area contributed by atoms with Crippen LogP contribution in [0.5, 0.6) is 0 Å². The van der Waals surface area contributed by atoms with Crippen molar-refractivity contribution in [3.8, 4) is 6.07 Å². The molecule has 1 aromatic carbocycles. The van der Waals surface area contributed by atoms with Crippen molar-refractivity contribution in [2.45, 2.75) is 20.3 Å². The van der Waals surface area contributed by atoms with Crippen LogP contribution in [0.4, 0.5) is 5.69 Å². The molecule has 1 aliphatic heterocycles. The van der Waals surface area contributed by atoms with Crippen LogP contribution in [0.15, 0.2) is 18.2 Å². The standard InChI is InChI=1S/C16H19N3O2/c1-3-16(21)19-8-6-18(7-9-19)15-10-13(11-17)4-5-14(15)12(2)20/h4-5,10H,3,6-9H2,1-2H3. The van der Waals surface area contributed by atoms with Crippen LogP contribution >= 0.6 is 0 Å². The summed E-state index contributed by atoms with van der Waals surface area (Å²) in [7, 11) is 0. The van der Waals surface area contributed by atoms with Gasteiger partial charge in [0.2, 0.25) is 5.91 Å². The van der Waals surface area contributed by atoms with E-state index in [0.717, 1.165) is 5.69 Å². The zero-order chi connectivity index (χ0) is 15.4. The third kappa shape index (κ3) is 3.22. The number of rotatable bonds is 3. The molecule has 0 unspecified atom stereocenters. The van der Waals surface area contributed by atoms with Crippen molar-refractivity contribution in [2.75, 3.05) is 31.1 Å². The Morgan fingerprint density at radius 1 is 1.24 bits per heavy atom. The first-order chi connectivity index (χ1) is 10.1. The van der Waals surface area contributed by atoms with Crippen LogP contribution in [-0.4, -0.2) is 42.8 Å². The second kappa shape index (κ2) is 6.40. The Morgan fingerprint density at radius 3 is 2.43 bits per heavy atom. The Balaban J connectivity index is 2.21. The number of carbonyl (C=O) groups is 2. The maximum Gasteiger partial charge on any atom is 0.222 e. The highest BCUT2D eigenvalue weighted by Crippen LogP contribution is 2.24. The molecule has 110 valence electrons. The zero-order valence-electron chi connectivity index (χ0n) is 12.4. The number of nitrogens with zero attached hydrogens (tertiary/aromatic N) is 3. The fraction of sp³-hybridized carbons (Fsp3) is 0.438. The van der Waals surface area contributed by atoms with Gasteiger partial charge in [0, 0.05) is 43.9 Å². The molecule has 1 heterocycles. The van der Waals surface area contributed by atoms with E-state index in [0.29, 0.717) is 43.7 Å². The minimum atomic E-state index is -0.0125.